The SMILES string of the molecule is CC.ONCC1Cc2ccccc2O1.[HH]. The van der Waals surface area contributed by atoms with Gasteiger partial charge < -0.3 is 9.94 Å². The molecule has 14 heavy (non-hydrogen) atoms. The summed E-state index contributed by atoms with van der Waals surface area (Å²) in [6.07, 6.45) is 0.955. The average molecular weight is 197 g/mol. The summed E-state index contributed by atoms with van der Waals surface area (Å²) in [6.45, 7) is 4.48. The van der Waals surface area contributed by atoms with Gasteiger partial charge in [0.2, 0.25) is 0 Å². The Morgan fingerprint density at radius 3 is 2.86 bits per heavy atom. The molecule has 1 aliphatic heterocycles. The van der Waals surface area contributed by atoms with Crippen molar-refractivity contribution in [3.63, 3.8) is 0 Å². The van der Waals surface area contributed by atoms with Crippen molar-refractivity contribution >= 4 is 0 Å². The van der Waals surface area contributed by atoms with Crippen molar-refractivity contribution in [2.75, 3.05) is 6.54 Å². The fourth-order valence-electron chi connectivity index (χ4n) is 1.47. The van der Waals surface area contributed by atoms with E-state index in [0.29, 0.717) is 6.54 Å². The topological polar surface area (TPSA) is 41.5 Å². The minimum atomic E-state index is 0. The lowest BCUT2D eigenvalue weighted by Gasteiger charge is -2.07. The third kappa shape index (κ3) is 2.47. The molecule has 2 N–H and O–H groups in total. The molecule has 0 bridgehead atoms. The Kier molecular flexibility index (Phi) is 4.43. The first kappa shape index (κ1) is 11.0. The Bertz CT molecular complexity index is 256. The number of hydroxylamine groups is 1. The van der Waals surface area contributed by atoms with E-state index >= 15 is 0 Å². The molecular weight excluding hydrogens is 178 g/mol. The molecule has 1 aromatic carbocycles. The third-order valence-electron chi connectivity index (χ3n) is 2.03. The van der Waals surface area contributed by atoms with E-state index in [-0.39, 0.29) is 7.53 Å². The van der Waals surface area contributed by atoms with Crippen LogP contribution in [0.1, 0.15) is 20.8 Å². The van der Waals surface area contributed by atoms with E-state index in [0.717, 1.165) is 12.2 Å². The minimum absolute atomic E-state index is 0. The van der Waals surface area contributed by atoms with Gasteiger partial charge in [-0.25, -0.2) is 5.48 Å². The summed E-state index contributed by atoms with van der Waals surface area (Å²) in [5.74, 6) is 0.942. The van der Waals surface area contributed by atoms with Crippen LogP contribution in [-0.4, -0.2) is 17.9 Å². The molecule has 1 unspecified atom stereocenters. The van der Waals surface area contributed by atoms with Gasteiger partial charge in [-0.05, 0) is 11.6 Å². The number of hydrogen-bond donors (Lipinski definition) is 2. The van der Waals surface area contributed by atoms with E-state index in [1.807, 2.05) is 38.1 Å². The van der Waals surface area contributed by atoms with Gasteiger partial charge in [0.15, 0.2) is 0 Å². The van der Waals surface area contributed by atoms with Gasteiger partial charge >= 0.3 is 0 Å². The first-order valence-electron chi connectivity index (χ1n) is 5.01. The lowest BCUT2D eigenvalue weighted by Crippen LogP contribution is -2.27. The largest absolute Gasteiger partial charge is 0.488 e. The van der Waals surface area contributed by atoms with Crippen molar-refractivity contribution in [3.05, 3.63) is 29.8 Å². The summed E-state index contributed by atoms with van der Waals surface area (Å²) >= 11 is 0. The van der Waals surface area contributed by atoms with Gasteiger partial charge in [-0.3, -0.25) is 0 Å². The first-order chi connectivity index (χ1) is 6.90. The maximum atomic E-state index is 8.48. The maximum Gasteiger partial charge on any atom is 0.123 e. The molecule has 0 fully saturated rings. The van der Waals surface area contributed by atoms with Crippen LogP contribution in [0.2, 0.25) is 0 Å². The molecule has 0 radical (unpaired) electrons. The predicted octanol–water partition coefficient (Wildman–Crippen LogP) is 2.24. The van der Waals surface area contributed by atoms with E-state index in [2.05, 4.69) is 5.48 Å². The quantitative estimate of drug-likeness (QED) is 0.714. The predicted molar refractivity (Wildman–Crippen MR) is 57.8 cm³/mol. The summed E-state index contributed by atoms with van der Waals surface area (Å²) in [5.41, 5.74) is 3.34. The summed E-state index contributed by atoms with van der Waals surface area (Å²) < 4.78 is 5.52. The molecule has 0 saturated carbocycles. The lowest BCUT2D eigenvalue weighted by molar-refractivity contribution is 0.115. The standard InChI is InChI=1S/C9H11NO2.C2H6.H2/c11-10-6-8-5-7-3-1-2-4-9(7)12-8;1-2;/h1-4,8,10-11H,5-6H2;1-2H3;1H. The van der Waals surface area contributed by atoms with Gasteiger partial charge in [-0.15, -0.1) is 0 Å². The second-order valence-corrected chi connectivity index (χ2v) is 2.91. The van der Waals surface area contributed by atoms with Crippen molar-refractivity contribution in [3.8, 4) is 5.75 Å². The first-order valence-corrected chi connectivity index (χ1v) is 5.01. The van der Waals surface area contributed by atoms with E-state index < -0.39 is 0 Å². The molecule has 2 rings (SSSR count). The molecule has 0 aliphatic carbocycles. The van der Waals surface area contributed by atoms with Crippen molar-refractivity contribution in [2.45, 2.75) is 26.4 Å². The number of nitrogens with one attached hydrogen (secondary N) is 1. The molecular formula is C11H19NO2. The van der Waals surface area contributed by atoms with E-state index in [1.54, 1.807) is 0 Å². The van der Waals surface area contributed by atoms with Crippen LogP contribution < -0.4 is 10.2 Å². The number of hydrogen-bond acceptors (Lipinski definition) is 3. The molecule has 1 atom stereocenters. The van der Waals surface area contributed by atoms with Crippen molar-refractivity contribution in [1.29, 1.82) is 0 Å². The molecule has 1 aromatic rings. The highest BCUT2D eigenvalue weighted by Crippen LogP contribution is 2.27. The number of para-hydroxylation sites is 1. The zero-order valence-electron chi connectivity index (χ0n) is 8.66. The summed E-state index contributed by atoms with van der Waals surface area (Å²) in [4.78, 5) is 0. The number of rotatable bonds is 2. The molecule has 0 amide bonds. The van der Waals surface area contributed by atoms with Crippen LogP contribution in [0.3, 0.4) is 0 Å². The fraction of sp³-hybridized carbons (Fsp3) is 0.455. The summed E-state index contributed by atoms with van der Waals surface area (Å²) in [7, 11) is 0. The van der Waals surface area contributed by atoms with Gasteiger partial charge in [0.25, 0.3) is 0 Å². The van der Waals surface area contributed by atoms with E-state index in [1.165, 1.54) is 5.56 Å². The zero-order chi connectivity index (χ0) is 10.4. The van der Waals surface area contributed by atoms with Crippen molar-refractivity contribution in [1.82, 2.24) is 5.48 Å². The molecule has 80 valence electrons. The van der Waals surface area contributed by atoms with E-state index in [4.69, 9.17) is 9.94 Å². The van der Waals surface area contributed by atoms with E-state index in [9.17, 15) is 0 Å². The van der Waals surface area contributed by atoms with Crippen molar-refractivity contribution < 1.29 is 11.4 Å². The number of benzene rings is 1. The lowest BCUT2D eigenvalue weighted by atomic mass is 10.1. The number of fused-ring (bicyclic) bond motifs is 1. The van der Waals surface area contributed by atoms with Gasteiger partial charge in [0.05, 0.1) is 6.54 Å². The monoisotopic (exact) mass is 197 g/mol. The van der Waals surface area contributed by atoms with Crippen LogP contribution in [0.5, 0.6) is 5.75 Å². The Labute approximate surface area is 86.2 Å². The fourth-order valence-corrected chi connectivity index (χ4v) is 1.47. The third-order valence-corrected chi connectivity index (χ3v) is 2.03. The van der Waals surface area contributed by atoms with Crippen LogP contribution in [-0.2, 0) is 6.42 Å². The molecule has 0 spiro atoms. The Hall–Kier alpha value is -1.06. The zero-order valence-corrected chi connectivity index (χ0v) is 8.66. The molecule has 0 aromatic heterocycles. The molecule has 3 heteroatoms. The van der Waals surface area contributed by atoms with Gasteiger partial charge in [0, 0.05) is 7.85 Å². The average Bonchev–Trinajstić information content (AvgIpc) is 2.63. The van der Waals surface area contributed by atoms with Crippen LogP contribution in [0.25, 0.3) is 0 Å². The highest BCUT2D eigenvalue weighted by molar-refractivity contribution is 5.37. The molecule has 1 aliphatic rings. The smallest absolute Gasteiger partial charge is 0.123 e. The normalized spacial score (nSPS) is 17.8. The van der Waals surface area contributed by atoms with Crippen molar-refractivity contribution in [2.24, 2.45) is 0 Å². The Morgan fingerprint density at radius 1 is 1.50 bits per heavy atom. The summed E-state index contributed by atoms with van der Waals surface area (Å²) in [6, 6.07) is 7.95. The maximum absolute atomic E-state index is 8.48. The molecule has 0 saturated heterocycles. The van der Waals surface area contributed by atoms with Crippen LogP contribution in [0.4, 0.5) is 0 Å². The van der Waals surface area contributed by atoms with Gasteiger partial charge in [-0.1, -0.05) is 32.0 Å². The van der Waals surface area contributed by atoms with Crippen LogP contribution in [0, 0.1) is 0 Å². The molecule has 1 heterocycles. The Morgan fingerprint density at radius 2 is 2.21 bits per heavy atom. The highest BCUT2D eigenvalue weighted by atomic mass is 16.5. The van der Waals surface area contributed by atoms with Gasteiger partial charge in [0.1, 0.15) is 11.9 Å². The minimum Gasteiger partial charge on any atom is -0.488 e. The Balaban J connectivity index is 0.000000617. The second kappa shape index (κ2) is 5.62. The van der Waals surface area contributed by atoms with Crippen LogP contribution >= 0.6 is 0 Å². The second-order valence-electron chi connectivity index (χ2n) is 2.91. The highest BCUT2D eigenvalue weighted by Gasteiger charge is 2.21. The summed E-state index contributed by atoms with van der Waals surface area (Å²) in [5, 5.41) is 8.48. The number of ether oxygens (including phenoxy) is 1. The van der Waals surface area contributed by atoms with Crippen LogP contribution in [0.15, 0.2) is 24.3 Å². The van der Waals surface area contributed by atoms with Gasteiger partial charge in [-0.2, -0.15) is 0 Å². The molecule has 3 nitrogen and oxygen atoms in total.